The number of carbonyl (C=O) groups is 1. The first-order valence-electron chi connectivity index (χ1n) is 9.86. The quantitative estimate of drug-likeness (QED) is 0.263. The summed E-state index contributed by atoms with van der Waals surface area (Å²) in [4.78, 5) is 16.1. The summed E-state index contributed by atoms with van der Waals surface area (Å²) in [6.07, 6.45) is 1.02. The zero-order chi connectivity index (χ0) is 22.1. The van der Waals surface area contributed by atoms with Gasteiger partial charge in [-0.05, 0) is 46.2 Å². The van der Waals surface area contributed by atoms with Crippen LogP contribution < -0.4 is 4.74 Å². The first-order valence-corrected chi connectivity index (χ1v) is 13.1. The van der Waals surface area contributed by atoms with E-state index < -0.39 is 5.60 Å². The van der Waals surface area contributed by atoms with Gasteiger partial charge in [-0.1, -0.05) is 92.4 Å². The third-order valence-corrected chi connectivity index (χ3v) is 6.41. The number of amides is 1. The molecule has 1 aromatic carbocycles. The van der Waals surface area contributed by atoms with Crippen molar-refractivity contribution in [2.45, 2.75) is 46.1 Å². The molecule has 1 amide bonds. The number of halogens is 3. The SMILES string of the molecule is CCC(I)(I)I.Cc1ccc(OCCN2CCN(C(=O)OC(C)(C)C)CC2)cc1. The molecule has 8 heteroatoms. The van der Waals surface area contributed by atoms with E-state index in [9.17, 15) is 4.79 Å². The number of piperazine rings is 1. The van der Waals surface area contributed by atoms with Crippen molar-refractivity contribution >= 4 is 73.9 Å². The van der Waals surface area contributed by atoms with Gasteiger partial charge in [0.15, 0.2) is 0 Å². The van der Waals surface area contributed by atoms with Crippen LogP contribution in [0.1, 0.15) is 39.7 Å². The lowest BCUT2D eigenvalue weighted by Gasteiger charge is -2.35. The van der Waals surface area contributed by atoms with Crippen LogP contribution in [0.25, 0.3) is 0 Å². The van der Waals surface area contributed by atoms with Crippen LogP contribution in [0.3, 0.4) is 0 Å². The highest BCUT2D eigenvalue weighted by molar-refractivity contribution is 14.3. The highest BCUT2D eigenvalue weighted by atomic mass is 127. The second kappa shape index (κ2) is 13.1. The molecule has 0 saturated carbocycles. The standard InChI is InChI=1S/C18H28N2O3.C3H5I3/c1-15-5-7-16(8-6-15)22-14-13-19-9-11-20(12-10-19)17(21)23-18(2,3)4;1-2-3(4,5)6/h5-8H,9-14H2,1-4H3;2H2,1H3. The molecule has 5 nitrogen and oxygen atoms in total. The zero-order valence-electron chi connectivity index (χ0n) is 18.0. The van der Waals surface area contributed by atoms with Crippen LogP contribution >= 0.6 is 67.8 Å². The van der Waals surface area contributed by atoms with Crippen LogP contribution in [0, 0.1) is 6.92 Å². The molecule has 1 aliphatic rings. The Morgan fingerprint density at radius 3 is 2.00 bits per heavy atom. The van der Waals surface area contributed by atoms with Gasteiger partial charge in [-0.2, -0.15) is 0 Å². The minimum absolute atomic E-state index is 0.215. The Balaban J connectivity index is 0.000000612. The van der Waals surface area contributed by atoms with Crippen LogP contribution in [-0.4, -0.2) is 60.3 Å². The van der Waals surface area contributed by atoms with Crippen molar-refractivity contribution in [1.82, 2.24) is 9.80 Å². The number of hydrogen-bond acceptors (Lipinski definition) is 4. The Labute approximate surface area is 217 Å². The summed E-state index contributed by atoms with van der Waals surface area (Å²) in [7, 11) is 0. The Kier molecular flexibility index (Phi) is 12.4. The second-order valence-electron chi connectivity index (χ2n) is 7.94. The number of alkyl halides is 3. The van der Waals surface area contributed by atoms with Crippen molar-refractivity contribution < 1.29 is 14.3 Å². The van der Waals surface area contributed by atoms with E-state index in [1.807, 2.05) is 32.9 Å². The third-order valence-electron chi connectivity index (χ3n) is 4.12. The molecule has 0 radical (unpaired) electrons. The lowest BCUT2D eigenvalue weighted by molar-refractivity contribution is 0.0137. The average molecular weight is 742 g/mol. The molecule has 1 aliphatic heterocycles. The van der Waals surface area contributed by atoms with Gasteiger partial charge in [0.1, 0.15) is 17.4 Å². The van der Waals surface area contributed by atoms with Crippen LogP contribution in [0.15, 0.2) is 24.3 Å². The second-order valence-corrected chi connectivity index (χ2v) is 19.7. The molecule has 0 unspecified atom stereocenters. The van der Waals surface area contributed by atoms with E-state index in [-0.39, 0.29) is 6.09 Å². The summed E-state index contributed by atoms with van der Waals surface area (Å²) < 4.78 is 11.6. The van der Waals surface area contributed by atoms with E-state index in [0.29, 0.717) is 19.1 Å². The molecule has 0 aromatic heterocycles. The minimum atomic E-state index is -0.434. The Morgan fingerprint density at radius 2 is 1.55 bits per heavy atom. The lowest BCUT2D eigenvalue weighted by Crippen LogP contribution is -2.50. The van der Waals surface area contributed by atoms with Gasteiger partial charge in [-0.3, -0.25) is 4.90 Å². The van der Waals surface area contributed by atoms with Gasteiger partial charge >= 0.3 is 6.09 Å². The smallest absolute Gasteiger partial charge is 0.410 e. The van der Waals surface area contributed by atoms with E-state index in [2.05, 4.69) is 98.7 Å². The summed E-state index contributed by atoms with van der Waals surface area (Å²) >= 11 is 7.24. The number of benzene rings is 1. The minimum Gasteiger partial charge on any atom is -0.492 e. The predicted octanol–water partition coefficient (Wildman–Crippen LogP) is 6.28. The fraction of sp³-hybridized carbons (Fsp3) is 0.667. The van der Waals surface area contributed by atoms with Gasteiger partial charge in [-0.15, -0.1) is 0 Å². The van der Waals surface area contributed by atoms with Crippen molar-refractivity contribution in [3.8, 4) is 5.75 Å². The number of ether oxygens (including phenoxy) is 2. The predicted molar refractivity (Wildman–Crippen MR) is 146 cm³/mol. The molecular weight excluding hydrogens is 709 g/mol. The zero-order valence-corrected chi connectivity index (χ0v) is 24.5. The Hall–Kier alpha value is 0.440. The largest absolute Gasteiger partial charge is 0.492 e. The summed E-state index contributed by atoms with van der Waals surface area (Å²) in [5, 5.41) is 0. The van der Waals surface area contributed by atoms with Gasteiger partial charge in [0.05, 0.1) is 0 Å². The van der Waals surface area contributed by atoms with Gasteiger partial charge in [0.2, 0.25) is 0 Å². The molecule has 1 saturated heterocycles. The highest BCUT2D eigenvalue weighted by Crippen LogP contribution is 2.38. The Bertz CT molecular complexity index is 605. The van der Waals surface area contributed by atoms with Crippen LogP contribution in [0.2, 0.25) is 0 Å². The van der Waals surface area contributed by atoms with E-state index in [0.717, 1.165) is 25.4 Å². The van der Waals surface area contributed by atoms with Gasteiger partial charge in [-0.25, -0.2) is 4.79 Å². The normalized spacial score (nSPS) is 15.4. The average Bonchev–Trinajstić information content (AvgIpc) is 2.62. The van der Waals surface area contributed by atoms with Crippen molar-refractivity contribution in [1.29, 1.82) is 0 Å². The third kappa shape index (κ3) is 13.5. The monoisotopic (exact) mass is 742 g/mol. The molecule has 1 aromatic rings. The Morgan fingerprint density at radius 1 is 1.03 bits per heavy atom. The molecule has 2 rings (SSSR count). The maximum Gasteiger partial charge on any atom is 0.410 e. The number of rotatable bonds is 5. The van der Waals surface area contributed by atoms with Crippen molar-refractivity contribution in [2.24, 2.45) is 0 Å². The van der Waals surface area contributed by atoms with Crippen molar-refractivity contribution in [2.75, 3.05) is 39.3 Å². The molecule has 0 N–H and O–H groups in total. The van der Waals surface area contributed by atoms with E-state index in [4.69, 9.17) is 9.47 Å². The van der Waals surface area contributed by atoms with Crippen LogP contribution in [0.4, 0.5) is 4.79 Å². The van der Waals surface area contributed by atoms with Crippen LogP contribution in [-0.2, 0) is 4.74 Å². The molecule has 0 atom stereocenters. The molecule has 0 spiro atoms. The molecular formula is C21H33I3N2O3. The number of carbonyl (C=O) groups excluding carboxylic acids is 1. The molecule has 0 aliphatic carbocycles. The highest BCUT2D eigenvalue weighted by Gasteiger charge is 2.25. The molecule has 166 valence electrons. The maximum absolute atomic E-state index is 12.0. The number of hydrogen-bond donors (Lipinski definition) is 0. The fourth-order valence-electron chi connectivity index (χ4n) is 2.41. The van der Waals surface area contributed by atoms with E-state index in [1.54, 1.807) is 4.90 Å². The molecule has 1 heterocycles. The summed E-state index contributed by atoms with van der Waals surface area (Å²) in [5.74, 6) is 0.906. The number of aryl methyl sites for hydroxylation is 1. The van der Waals surface area contributed by atoms with Gasteiger partial charge in [0, 0.05) is 32.7 Å². The summed E-state index contributed by atoms with van der Waals surface area (Å²) in [6, 6.07) is 8.09. The summed E-state index contributed by atoms with van der Waals surface area (Å²) in [6.45, 7) is 14.6. The molecule has 0 bridgehead atoms. The first kappa shape index (κ1) is 27.5. The topological polar surface area (TPSA) is 42.0 Å². The van der Waals surface area contributed by atoms with Crippen molar-refractivity contribution in [3.05, 3.63) is 29.8 Å². The van der Waals surface area contributed by atoms with Gasteiger partial charge in [0.25, 0.3) is 0 Å². The van der Waals surface area contributed by atoms with E-state index in [1.165, 1.54) is 12.0 Å². The van der Waals surface area contributed by atoms with Crippen LogP contribution in [0.5, 0.6) is 5.75 Å². The maximum atomic E-state index is 12.0. The molecule has 29 heavy (non-hydrogen) atoms. The fourth-order valence-corrected chi connectivity index (χ4v) is 2.41. The van der Waals surface area contributed by atoms with Gasteiger partial charge < -0.3 is 14.4 Å². The first-order chi connectivity index (χ1) is 13.4. The lowest BCUT2D eigenvalue weighted by atomic mass is 10.2. The van der Waals surface area contributed by atoms with Crippen molar-refractivity contribution in [3.63, 3.8) is 0 Å². The van der Waals surface area contributed by atoms with E-state index >= 15 is 0 Å². The number of nitrogens with zero attached hydrogens (tertiary/aromatic N) is 2. The summed E-state index contributed by atoms with van der Waals surface area (Å²) in [5.41, 5.74) is 0.798. The molecule has 1 fully saturated rings.